The predicted molar refractivity (Wildman–Crippen MR) is 91.0 cm³/mol. The van der Waals surface area contributed by atoms with Crippen molar-refractivity contribution in [1.29, 1.82) is 0 Å². The predicted octanol–water partition coefficient (Wildman–Crippen LogP) is 0.672. The zero-order valence-corrected chi connectivity index (χ0v) is 13.5. The number of anilines is 1. The van der Waals surface area contributed by atoms with Crippen molar-refractivity contribution in [2.24, 2.45) is 0 Å². The lowest BCUT2D eigenvalue weighted by Gasteiger charge is -2.34. The summed E-state index contributed by atoms with van der Waals surface area (Å²) in [5.74, 6) is 2.30. The maximum Gasteiger partial charge on any atom is 0.260 e. The first-order valence-corrected chi connectivity index (χ1v) is 8.03. The van der Waals surface area contributed by atoms with Gasteiger partial charge in [-0.25, -0.2) is 9.97 Å². The van der Waals surface area contributed by atoms with E-state index in [2.05, 4.69) is 34.9 Å². The van der Waals surface area contributed by atoms with Gasteiger partial charge in [0.25, 0.3) is 5.56 Å². The maximum atomic E-state index is 12.2. The lowest BCUT2D eigenvalue weighted by molar-refractivity contribution is 0.243. The van der Waals surface area contributed by atoms with Crippen LogP contribution in [0.4, 0.5) is 5.95 Å². The van der Waals surface area contributed by atoms with Crippen molar-refractivity contribution in [3.8, 4) is 0 Å². The number of para-hydroxylation sites is 1. The van der Waals surface area contributed by atoms with Crippen LogP contribution < -0.4 is 10.5 Å². The van der Waals surface area contributed by atoms with E-state index in [4.69, 9.17) is 0 Å². The number of rotatable bonds is 3. The Morgan fingerprint density at radius 2 is 1.92 bits per heavy atom. The molecule has 0 saturated carbocycles. The number of H-pyrrole nitrogens is 2. The van der Waals surface area contributed by atoms with E-state index < -0.39 is 0 Å². The third kappa shape index (κ3) is 2.88. The number of benzene rings is 1. The van der Waals surface area contributed by atoms with E-state index in [0.717, 1.165) is 49.9 Å². The molecule has 8 nitrogen and oxygen atoms in total. The number of aromatic nitrogens is 5. The second kappa shape index (κ2) is 6.04. The molecule has 3 heterocycles. The van der Waals surface area contributed by atoms with Crippen molar-refractivity contribution in [2.45, 2.75) is 13.5 Å². The zero-order valence-electron chi connectivity index (χ0n) is 13.5. The third-order valence-corrected chi connectivity index (χ3v) is 4.28. The van der Waals surface area contributed by atoms with Crippen LogP contribution in [0.15, 0.2) is 29.1 Å². The molecule has 1 aliphatic rings. The van der Waals surface area contributed by atoms with E-state index in [1.165, 1.54) is 0 Å². The minimum atomic E-state index is -0.0887. The van der Waals surface area contributed by atoms with Crippen molar-refractivity contribution in [3.63, 3.8) is 0 Å². The van der Waals surface area contributed by atoms with Crippen molar-refractivity contribution in [2.75, 3.05) is 31.1 Å². The fraction of sp³-hybridized carbons (Fsp3) is 0.375. The Morgan fingerprint density at radius 3 is 2.67 bits per heavy atom. The van der Waals surface area contributed by atoms with Gasteiger partial charge in [-0.1, -0.05) is 12.1 Å². The Balaban J connectivity index is 1.46. The summed E-state index contributed by atoms with van der Waals surface area (Å²) in [6, 6.07) is 7.41. The Kier molecular flexibility index (Phi) is 3.73. The van der Waals surface area contributed by atoms with Crippen LogP contribution in [0.25, 0.3) is 10.9 Å². The summed E-state index contributed by atoms with van der Waals surface area (Å²) in [7, 11) is 0. The summed E-state index contributed by atoms with van der Waals surface area (Å²) in [4.78, 5) is 28.5. The van der Waals surface area contributed by atoms with Crippen LogP contribution in [0.2, 0.25) is 0 Å². The van der Waals surface area contributed by atoms with Gasteiger partial charge in [0.1, 0.15) is 5.82 Å². The van der Waals surface area contributed by atoms with Crippen molar-refractivity contribution in [1.82, 2.24) is 30.0 Å². The summed E-state index contributed by atoms with van der Waals surface area (Å²) in [5.41, 5.74) is 0.643. The van der Waals surface area contributed by atoms with Crippen LogP contribution in [0.1, 0.15) is 11.6 Å². The number of hydrogen-bond donors (Lipinski definition) is 2. The highest BCUT2D eigenvalue weighted by Gasteiger charge is 2.20. The molecule has 1 aromatic carbocycles. The molecule has 124 valence electrons. The highest BCUT2D eigenvalue weighted by molar-refractivity contribution is 5.78. The molecule has 1 fully saturated rings. The van der Waals surface area contributed by atoms with E-state index in [9.17, 15) is 4.79 Å². The molecule has 0 amide bonds. The second-order valence-electron chi connectivity index (χ2n) is 6.01. The van der Waals surface area contributed by atoms with Gasteiger partial charge in [0.05, 0.1) is 17.4 Å². The Bertz CT molecular complexity index is 908. The SMILES string of the molecule is Cc1nc(CN2CCN(c3nc4ccccc4c(=O)[nH]3)CC2)n[nH]1. The lowest BCUT2D eigenvalue weighted by atomic mass is 10.2. The van der Waals surface area contributed by atoms with E-state index >= 15 is 0 Å². The summed E-state index contributed by atoms with van der Waals surface area (Å²) in [6.07, 6.45) is 0. The minimum absolute atomic E-state index is 0.0887. The topological polar surface area (TPSA) is 93.8 Å². The van der Waals surface area contributed by atoms with Gasteiger partial charge in [-0.05, 0) is 19.1 Å². The van der Waals surface area contributed by atoms with E-state index in [0.29, 0.717) is 11.3 Å². The Hall–Kier alpha value is -2.74. The molecular weight excluding hydrogens is 306 g/mol. The van der Waals surface area contributed by atoms with Gasteiger partial charge in [0, 0.05) is 26.2 Å². The molecule has 0 bridgehead atoms. The highest BCUT2D eigenvalue weighted by atomic mass is 16.1. The summed E-state index contributed by atoms with van der Waals surface area (Å²) in [5, 5.41) is 7.67. The minimum Gasteiger partial charge on any atom is -0.340 e. The average Bonchev–Trinajstić information content (AvgIpc) is 3.00. The largest absolute Gasteiger partial charge is 0.340 e. The number of piperazine rings is 1. The normalized spacial score (nSPS) is 16.0. The summed E-state index contributed by atoms with van der Waals surface area (Å²) >= 11 is 0. The number of fused-ring (bicyclic) bond motifs is 1. The fourth-order valence-electron chi connectivity index (χ4n) is 3.00. The first-order valence-electron chi connectivity index (χ1n) is 8.03. The van der Waals surface area contributed by atoms with Gasteiger partial charge in [0.2, 0.25) is 5.95 Å². The number of hydrogen-bond acceptors (Lipinski definition) is 6. The van der Waals surface area contributed by atoms with Gasteiger partial charge in [-0.3, -0.25) is 19.8 Å². The Morgan fingerprint density at radius 1 is 1.12 bits per heavy atom. The second-order valence-corrected chi connectivity index (χ2v) is 6.01. The number of nitrogens with one attached hydrogen (secondary N) is 2. The molecule has 8 heteroatoms. The molecule has 1 aliphatic heterocycles. The molecule has 4 rings (SSSR count). The molecule has 0 aliphatic carbocycles. The molecule has 0 radical (unpaired) electrons. The van der Waals surface area contributed by atoms with Gasteiger partial charge in [-0.15, -0.1) is 0 Å². The number of aryl methyl sites for hydroxylation is 1. The third-order valence-electron chi connectivity index (χ3n) is 4.28. The Labute approximate surface area is 138 Å². The van der Waals surface area contributed by atoms with Crippen molar-refractivity contribution in [3.05, 3.63) is 46.3 Å². The van der Waals surface area contributed by atoms with Crippen LogP contribution in [0.5, 0.6) is 0 Å². The van der Waals surface area contributed by atoms with Crippen LogP contribution >= 0.6 is 0 Å². The van der Waals surface area contributed by atoms with E-state index in [-0.39, 0.29) is 5.56 Å². The number of aromatic amines is 2. The molecule has 24 heavy (non-hydrogen) atoms. The molecule has 0 spiro atoms. The van der Waals surface area contributed by atoms with Crippen molar-refractivity contribution >= 4 is 16.9 Å². The standard InChI is InChI=1S/C16H19N7O/c1-11-17-14(21-20-11)10-22-6-8-23(9-7-22)16-18-13-5-3-2-4-12(13)15(24)19-16/h2-5H,6-10H2,1H3,(H,17,20,21)(H,18,19,24). The van der Waals surface area contributed by atoms with Crippen LogP contribution in [-0.4, -0.2) is 56.2 Å². The molecule has 2 N–H and O–H groups in total. The molecule has 0 atom stereocenters. The monoisotopic (exact) mass is 325 g/mol. The molecule has 0 unspecified atom stereocenters. The number of nitrogens with zero attached hydrogens (tertiary/aromatic N) is 5. The fourth-order valence-corrected chi connectivity index (χ4v) is 3.00. The van der Waals surface area contributed by atoms with Crippen LogP contribution in [0, 0.1) is 6.92 Å². The maximum absolute atomic E-state index is 12.2. The zero-order chi connectivity index (χ0) is 16.5. The first kappa shape index (κ1) is 14.8. The van der Waals surface area contributed by atoms with Gasteiger partial charge in [-0.2, -0.15) is 5.10 Å². The van der Waals surface area contributed by atoms with Gasteiger partial charge >= 0.3 is 0 Å². The van der Waals surface area contributed by atoms with Crippen LogP contribution in [-0.2, 0) is 6.54 Å². The van der Waals surface area contributed by atoms with Crippen molar-refractivity contribution < 1.29 is 0 Å². The van der Waals surface area contributed by atoms with E-state index in [1.54, 1.807) is 6.07 Å². The smallest absolute Gasteiger partial charge is 0.260 e. The average molecular weight is 325 g/mol. The first-order chi connectivity index (χ1) is 11.7. The summed E-state index contributed by atoms with van der Waals surface area (Å²) in [6.45, 7) is 6.01. The molecule has 2 aromatic heterocycles. The quantitative estimate of drug-likeness (QED) is 0.735. The lowest BCUT2D eigenvalue weighted by Crippen LogP contribution is -2.47. The molecular formula is C16H19N7O. The molecule has 3 aromatic rings. The van der Waals surface area contributed by atoms with E-state index in [1.807, 2.05) is 25.1 Å². The van der Waals surface area contributed by atoms with Gasteiger partial charge in [0.15, 0.2) is 5.82 Å². The summed E-state index contributed by atoms with van der Waals surface area (Å²) < 4.78 is 0. The molecule has 1 saturated heterocycles. The highest BCUT2D eigenvalue weighted by Crippen LogP contribution is 2.14. The van der Waals surface area contributed by atoms with Crippen LogP contribution in [0.3, 0.4) is 0 Å². The van der Waals surface area contributed by atoms with Gasteiger partial charge < -0.3 is 4.90 Å².